The molecule has 0 radical (unpaired) electrons. The van der Waals surface area contributed by atoms with Crippen molar-refractivity contribution >= 4 is 96.9 Å². The largest absolute Gasteiger partial charge is 0.309 e. The second kappa shape index (κ2) is 10.7. The molecule has 5 heteroatoms. The Morgan fingerprint density at radius 3 is 1.62 bits per heavy atom. The van der Waals surface area contributed by atoms with Crippen LogP contribution in [-0.4, -0.2) is 18.7 Å². The van der Waals surface area contributed by atoms with Gasteiger partial charge in [-0.1, -0.05) is 84.9 Å². The second-order valence-electron chi connectivity index (χ2n) is 14.1. The van der Waals surface area contributed by atoms with Crippen molar-refractivity contribution in [1.29, 1.82) is 0 Å². The lowest BCUT2D eigenvalue weighted by Crippen LogP contribution is -1.97. The monoisotopic (exact) mass is 694 g/mol. The first-order chi connectivity index (χ1) is 26.2. The summed E-state index contributed by atoms with van der Waals surface area (Å²) in [6.45, 7) is 2.21. The van der Waals surface area contributed by atoms with Crippen LogP contribution in [0.15, 0.2) is 164 Å². The van der Waals surface area contributed by atoms with Crippen LogP contribution in [0.1, 0.15) is 5.56 Å². The van der Waals surface area contributed by atoms with Crippen molar-refractivity contribution in [3.8, 4) is 17.2 Å². The number of hydrogen-bond donors (Lipinski definition) is 0. The second-order valence-corrected chi connectivity index (χ2v) is 15.2. The van der Waals surface area contributed by atoms with E-state index in [-0.39, 0.29) is 0 Å². The lowest BCUT2D eigenvalue weighted by atomic mass is 10.1. The topological polar surface area (TPSA) is 27.7 Å². The summed E-state index contributed by atoms with van der Waals surface area (Å²) in [6.07, 6.45) is 2.06. The van der Waals surface area contributed by atoms with Gasteiger partial charge in [-0.15, -0.1) is 11.3 Å². The average molecular weight is 695 g/mol. The van der Waals surface area contributed by atoms with Gasteiger partial charge in [0.2, 0.25) is 0 Å². The number of benzene rings is 7. The van der Waals surface area contributed by atoms with Gasteiger partial charge in [-0.25, -0.2) is 4.98 Å². The number of thiophene rings is 1. The van der Waals surface area contributed by atoms with E-state index >= 15 is 0 Å². The quantitative estimate of drug-likeness (QED) is 0.181. The number of aryl methyl sites for hydroxylation is 1. The van der Waals surface area contributed by atoms with Crippen LogP contribution in [0.5, 0.6) is 0 Å². The van der Waals surface area contributed by atoms with E-state index in [2.05, 4.69) is 185 Å². The standard InChI is InChI=1S/C48H30N4S/c1-29-11-10-20-44-48(29)35-15-5-9-19-42(35)51(44)30-21-23-43-36(25-30)34-14-4-8-18-41(34)52(43)47-27-38-37-26-31(22-24-45(37)53-46(38)28-49-47)50-39-16-6-2-12-32(39)33-13-3-7-17-40(33)50/h2-28H,1H3. The van der Waals surface area contributed by atoms with Gasteiger partial charge in [0.15, 0.2) is 0 Å². The maximum Gasteiger partial charge on any atom is 0.138 e. The summed E-state index contributed by atoms with van der Waals surface area (Å²) in [4.78, 5) is 5.13. The van der Waals surface area contributed by atoms with E-state index in [1.54, 1.807) is 0 Å². The zero-order chi connectivity index (χ0) is 34.8. The van der Waals surface area contributed by atoms with E-state index in [1.807, 2.05) is 11.3 Å². The molecule has 0 aliphatic carbocycles. The fourth-order valence-corrected chi connectivity index (χ4v) is 9.98. The van der Waals surface area contributed by atoms with E-state index < -0.39 is 0 Å². The number of aromatic nitrogens is 4. The third kappa shape index (κ3) is 3.97. The summed E-state index contributed by atoms with van der Waals surface area (Å²) >= 11 is 1.81. The fraction of sp³-hybridized carbons (Fsp3) is 0.0208. The van der Waals surface area contributed by atoms with Gasteiger partial charge in [0, 0.05) is 65.4 Å². The molecule has 5 heterocycles. The molecule has 5 aromatic heterocycles. The highest BCUT2D eigenvalue weighted by Crippen LogP contribution is 2.41. The molecule has 248 valence electrons. The van der Waals surface area contributed by atoms with Crippen molar-refractivity contribution in [1.82, 2.24) is 18.7 Å². The molecule has 4 nitrogen and oxygen atoms in total. The normalized spacial score (nSPS) is 12.2. The minimum Gasteiger partial charge on any atom is -0.309 e. The molecule has 0 aliphatic heterocycles. The first-order valence-corrected chi connectivity index (χ1v) is 18.9. The van der Waals surface area contributed by atoms with Crippen LogP contribution in [0, 0.1) is 6.92 Å². The van der Waals surface area contributed by atoms with Gasteiger partial charge in [-0.2, -0.15) is 0 Å². The Hall–Kier alpha value is -6.69. The maximum absolute atomic E-state index is 5.13. The predicted molar refractivity (Wildman–Crippen MR) is 225 cm³/mol. The van der Waals surface area contributed by atoms with E-state index in [0.29, 0.717) is 0 Å². The van der Waals surface area contributed by atoms with E-state index in [4.69, 9.17) is 4.98 Å². The van der Waals surface area contributed by atoms with Crippen molar-refractivity contribution in [2.24, 2.45) is 0 Å². The SMILES string of the molecule is Cc1cccc2c1c1ccccc1n2-c1ccc2c(c1)c1ccccc1n2-c1cc2c(cn1)sc1ccc(-n3c4ccccc4c4ccccc43)cc12. The Morgan fingerprint density at radius 2 is 0.906 bits per heavy atom. The van der Waals surface area contributed by atoms with E-state index in [1.165, 1.54) is 80.1 Å². The van der Waals surface area contributed by atoms with Crippen molar-refractivity contribution in [3.63, 3.8) is 0 Å². The highest BCUT2D eigenvalue weighted by molar-refractivity contribution is 7.25. The highest BCUT2D eigenvalue weighted by atomic mass is 32.1. The van der Waals surface area contributed by atoms with Crippen LogP contribution in [-0.2, 0) is 0 Å². The molecule has 0 aliphatic rings. The Morgan fingerprint density at radius 1 is 0.396 bits per heavy atom. The zero-order valence-electron chi connectivity index (χ0n) is 28.8. The molecule has 0 bridgehead atoms. The van der Waals surface area contributed by atoms with E-state index in [0.717, 1.165) is 28.2 Å². The third-order valence-electron chi connectivity index (χ3n) is 11.2. The predicted octanol–water partition coefficient (Wildman–Crippen LogP) is 13.0. The van der Waals surface area contributed by atoms with Crippen LogP contribution in [0.25, 0.3) is 103 Å². The molecule has 53 heavy (non-hydrogen) atoms. The molecule has 0 spiro atoms. The summed E-state index contributed by atoms with van der Waals surface area (Å²) in [5.41, 5.74) is 10.8. The molecule has 0 saturated carbocycles. The summed E-state index contributed by atoms with van der Waals surface area (Å²) < 4.78 is 9.60. The van der Waals surface area contributed by atoms with Crippen LogP contribution in [0.4, 0.5) is 0 Å². The van der Waals surface area contributed by atoms with Crippen molar-refractivity contribution in [2.45, 2.75) is 6.92 Å². The van der Waals surface area contributed by atoms with Crippen LogP contribution in [0.2, 0.25) is 0 Å². The van der Waals surface area contributed by atoms with Crippen molar-refractivity contribution < 1.29 is 0 Å². The van der Waals surface area contributed by atoms with Gasteiger partial charge in [-0.3, -0.25) is 4.57 Å². The van der Waals surface area contributed by atoms with Gasteiger partial charge < -0.3 is 9.13 Å². The summed E-state index contributed by atoms with van der Waals surface area (Å²) in [6, 6.07) is 57.6. The number of hydrogen-bond acceptors (Lipinski definition) is 2. The number of fused-ring (bicyclic) bond motifs is 12. The molecule has 0 N–H and O–H groups in total. The van der Waals surface area contributed by atoms with Gasteiger partial charge >= 0.3 is 0 Å². The molecule has 0 saturated heterocycles. The lowest BCUT2D eigenvalue weighted by molar-refractivity contribution is 1.09. The fourth-order valence-electron chi connectivity index (χ4n) is 8.95. The van der Waals surface area contributed by atoms with Gasteiger partial charge in [0.05, 0.1) is 37.8 Å². The molecule has 0 unspecified atom stereocenters. The molecular weight excluding hydrogens is 665 g/mol. The molecule has 0 atom stereocenters. The number of para-hydroxylation sites is 4. The van der Waals surface area contributed by atoms with Crippen molar-refractivity contribution in [2.75, 3.05) is 0 Å². The summed E-state index contributed by atoms with van der Waals surface area (Å²) in [5, 5.41) is 10.0. The lowest BCUT2D eigenvalue weighted by Gasteiger charge is -2.10. The van der Waals surface area contributed by atoms with Gasteiger partial charge in [-0.05, 0) is 85.3 Å². The molecule has 0 fully saturated rings. The minimum atomic E-state index is 0.922. The molecular formula is C48H30N4S. The number of pyridine rings is 1. The Kier molecular flexibility index (Phi) is 5.83. The minimum absolute atomic E-state index is 0.922. The smallest absolute Gasteiger partial charge is 0.138 e. The molecule has 12 rings (SSSR count). The highest BCUT2D eigenvalue weighted by Gasteiger charge is 2.19. The Labute approximate surface area is 308 Å². The molecule has 12 aromatic rings. The van der Waals surface area contributed by atoms with Crippen LogP contribution < -0.4 is 0 Å². The summed E-state index contributed by atoms with van der Waals surface area (Å²) in [7, 11) is 0. The van der Waals surface area contributed by atoms with Crippen LogP contribution in [0.3, 0.4) is 0 Å². The Balaban J connectivity index is 1.07. The Bertz CT molecular complexity index is 3430. The maximum atomic E-state index is 5.13. The number of nitrogens with zero attached hydrogens (tertiary/aromatic N) is 4. The van der Waals surface area contributed by atoms with Crippen molar-refractivity contribution in [3.05, 3.63) is 169 Å². The van der Waals surface area contributed by atoms with E-state index in [9.17, 15) is 0 Å². The molecule has 7 aromatic carbocycles. The van der Waals surface area contributed by atoms with Gasteiger partial charge in [0.25, 0.3) is 0 Å². The third-order valence-corrected chi connectivity index (χ3v) is 12.3. The van der Waals surface area contributed by atoms with Crippen LogP contribution >= 0.6 is 11.3 Å². The summed E-state index contributed by atoms with van der Waals surface area (Å²) in [5.74, 6) is 0.922. The number of rotatable bonds is 3. The first-order valence-electron chi connectivity index (χ1n) is 18.0. The first kappa shape index (κ1) is 28.9. The van der Waals surface area contributed by atoms with Gasteiger partial charge in [0.1, 0.15) is 5.82 Å². The average Bonchev–Trinajstić information content (AvgIpc) is 3.94. The molecule has 0 amide bonds. The zero-order valence-corrected chi connectivity index (χ0v) is 29.6.